The van der Waals surface area contributed by atoms with E-state index in [1.54, 1.807) is 5.51 Å². The Hall–Kier alpha value is -0.920. The number of hydrogen-bond acceptors (Lipinski definition) is 4. The van der Waals surface area contributed by atoms with Crippen LogP contribution in [-0.2, 0) is 0 Å². The number of aliphatic hydroxyl groups is 1. The highest BCUT2D eigenvalue weighted by molar-refractivity contribution is 7.07. The van der Waals surface area contributed by atoms with Crippen molar-refractivity contribution in [3.05, 3.63) is 16.6 Å². The lowest BCUT2D eigenvalue weighted by Crippen LogP contribution is -2.33. The SMILES string of the molecule is CC(C)C1CCC(C#N)(C(O)c2cscn2)CC1. The van der Waals surface area contributed by atoms with Gasteiger partial charge in [0.15, 0.2) is 0 Å². The predicted molar refractivity (Wildman–Crippen MR) is 71.9 cm³/mol. The van der Waals surface area contributed by atoms with Crippen LogP contribution in [0.5, 0.6) is 0 Å². The summed E-state index contributed by atoms with van der Waals surface area (Å²) in [5.74, 6) is 1.35. The van der Waals surface area contributed by atoms with Gasteiger partial charge in [-0.3, -0.25) is 0 Å². The van der Waals surface area contributed by atoms with Crippen LogP contribution >= 0.6 is 11.3 Å². The van der Waals surface area contributed by atoms with Gasteiger partial charge in [0.25, 0.3) is 0 Å². The van der Waals surface area contributed by atoms with Gasteiger partial charge in [-0.1, -0.05) is 13.8 Å². The van der Waals surface area contributed by atoms with Crippen LogP contribution in [0, 0.1) is 28.6 Å². The number of aliphatic hydroxyl groups excluding tert-OH is 1. The Morgan fingerprint density at radius 1 is 1.50 bits per heavy atom. The number of thiazole rings is 1. The third kappa shape index (κ3) is 2.43. The lowest BCUT2D eigenvalue weighted by Gasteiger charge is -2.38. The van der Waals surface area contributed by atoms with E-state index in [4.69, 9.17) is 0 Å². The minimum Gasteiger partial charge on any atom is -0.385 e. The lowest BCUT2D eigenvalue weighted by molar-refractivity contribution is 0.0166. The molecule has 1 aromatic rings. The van der Waals surface area contributed by atoms with Crippen LogP contribution < -0.4 is 0 Å². The summed E-state index contributed by atoms with van der Waals surface area (Å²) in [7, 11) is 0. The molecule has 0 aromatic carbocycles. The smallest absolute Gasteiger partial charge is 0.115 e. The Kier molecular flexibility index (Phi) is 4.04. The molecule has 1 N–H and O–H groups in total. The van der Waals surface area contributed by atoms with Crippen molar-refractivity contribution >= 4 is 11.3 Å². The number of aromatic nitrogens is 1. The van der Waals surface area contributed by atoms with Gasteiger partial charge in [-0.25, -0.2) is 4.98 Å². The molecule has 0 spiro atoms. The van der Waals surface area contributed by atoms with Gasteiger partial charge < -0.3 is 5.11 Å². The van der Waals surface area contributed by atoms with Gasteiger partial charge in [-0.15, -0.1) is 11.3 Å². The van der Waals surface area contributed by atoms with Crippen LogP contribution in [-0.4, -0.2) is 10.1 Å². The predicted octanol–water partition coefficient (Wildman–Crippen LogP) is 3.53. The second kappa shape index (κ2) is 5.38. The van der Waals surface area contributed by atoms with Crippen molar-refractivity contribution in [2.24, 2.45) is 17.3 Å². The Morgan fingerprint density at radius 2 is 2.17 bits per heavy atom. The molecule has 18 heavy (non-hydrogen) atoms. The van der Waals surface area contributed by atoms with Crippen LogP contribution in [0.4, 0.5) is 0 Å². The van der Waals surface area contributed by atoms with E-state index in [-0.39, 0.29) is 0 Å². The van der Waals surface area contributed by atoms with E-state index in [2.05, 4.69) is 24.9 Å². The number of nitrogens with zero attached hydrogens (tertiary/aromatic N) is 2. The summed E-state index contributed by atoms with van der Waals surface area (Å²) in [4.78, 5) is 4.16. The first-order valence-electron chi connectivity index (χ1n) is 6.56. The van der Waals surface area contributed by atoms with Crippen molar-refractivity contribution in [3.8, 4) is 6.07 Å². The molecule has 3 nitrogen and oxygen atoms in total. The summed E-state index contributed by atoms with van der Waals surface area (Å²) in [6.45, 7) is 4.47. The molecule has 0 aliphatic heterocycles. The number of nitriles is 1. The zero-order valence-electron chi connectivity index (χ0n) is 11.0. The molecule has 1 heterocycles. The fraction of sp³-hybridized carbons (Fsp3) is 0.714. The Bertz CT molecular complexity index is 414. The van der Waals surface area contributed by atoms with E-state index >= 15 is 0 Å². The Labute approximate surface area is 112 Å². The van der Waals surface area contributed by atoms with Gasteiger partial charge in [0, 0.05) is 5.38 Å². The van der Waals surface area contributed by atoms with Gasteiger partial charge >= 0.3 is 0 Å². The molecule has 4 heteroatoms. The third-order valence-electron chi connectivity index (χ3n) is 4.34. The first-order valence-corrected chi connectivity index (χ1v) is 7.51. The molecular weight excluding hydrogens is 244 g/mol. The van der Waals surface area contributed by atoms with Gasteiger partial charge in [0.2, 0.25) is 0 Å². The topological polar surface area (TPSA) is 56.9 Å². The van der Waals surface area contributed by atoms with Crippen LogP contribution in [0.2, 0.25) is 0 Å². The summed E-state index contributed by atoms with van der Waals surface area (Å²) < 4.78 is 0. The van der Waals surface area contributed by atoms with Crippen molar-refractivity contribution in [1.82, 2.24) is 4.98 Å². The standard InChI is InChI=1S/C14H20N2OS/c1-10(2)11-3-5-14(8-15,6-4-11)13(17)12-7-18-9-16-12/h7,9-11,13,17H,3-6H2,1-2H3. The zero-order chi connectivity index (χ0) is 13.2. The van der Waals surface area contributed by atoms with Crippen molar-refractivity contribution in [2.75, 3.05) is 0 Å². The largest absolute Gasteiger partial charge is 0.385 e. The minimum absolute atomic E-state index is 0.626. The Balaban J connectivity index is 2.12. The highest BCUT2D eigenvalue weighted by Gasteiger charge is 2.43. The summed E-state index contributed by atoms with van der Waals surface area (Å²) in [5.41, 5.74) is 1.74. The van der Waals surface area contributed by atoms with Gasteiger partial charge in [-0.05, 0) is 37.5 Å². The minimum atomic E-state index is -0.734. The maximum absolute atomic E-state index is 10.4. The maximum atomic E-state index is 10.4. The molecular formula is C14H20N2OS. The molecule has 1 atom stereocenters. The van der Waals surface area contributed by atoms with Gasteiger partial charge in [-0.2, -0.15) is 5.26 Å². The summed E-state index contributed by atoms with van der Waals surface area (Å²) in [5, 5.41) is 21.8. The van der Waals surface area contributed by atoms with E-state index in [0.717, 1.165) is 25.7 Å². The van der Waals surface area contributed by atoms with E-state index < -0.39 is 11.5 Å². The fourth-order valence-corrected chi connectivity index (χ4v) is 3.48. The molecule has 1 fully saturated rings. The lowest BCUT2D eigenvalue weighted by atomic mass is 9.65. The van der Waals surface area contributed by atoms with Crippen LogP contribution in [0.15, 0.2) is 10.9 Å². The molecule has 1 aliphatic carbocycles. The molecule has 1 unspecified atom stereocenters. The van der Waals surface area contributed by atoms with Crippen molar-refractivity contribution < 1.29 is 5.11 Å². The molecule has 1 aliphatic rings. The normalized spacial score (nSPS) is 30.1. The molecule has 98 valence electrons. The van der Waals surface area contributed by atoms with Crippen molar-refractivity contribution in [3.63, 3.8) is 0 Å². The quantitative estimate of drug-likeness (QED) is 0.908. The molecule has 0 radical (unpaired) electrons. The monoisotopic (exact) mass is 264 g/mol. The van der Waals surface area contributed by atoms with Crippen LogP contribution in [0.25, 0.3) is 0 Å². The molecule has 0 saturated heterocycles. The van der Waals surface area contributed by atoms with Crippen molar-refractivity contribution in [2.45, 2.75) is 45.6 Å². The highest BCUT2D eigenvalue weighted by atomic mass is 32.1. The first kappa shape index (κ1) is 13.5. The fourth-order valence-electron chi connectivity index (χ4n) is 2.91. The highest BCUT2D eigenvalue weighted by Crippen LogP contribution is 2.48. The zero-order valence-corrected chi connectivity index (χ0v) is 11.8. The average Bonchev–Trinajstić information content (AvgIpc) is 2.91. The Morgan fingerprint density at radius 3 is 2.61 bits per heavy atom. The first-order chi connectivity index (χ1) is 8.59. The summed E-state index contributed by atoms with van der Waals surface area (Å²) >= 11 is 1.47. The van der Waals surface area contributed by atoms with Crippen LogP contribution in [0.3, 0.4) is 0 Å². The molecule has 1 saturated carbocycles. The molecule has 2 rings (SSSR count). The molecule has 1 aromatic heterocycles. The maximum Gasteiger partial charge on any atom is 0.115 e. The molecule has 0 bridgehead atoms. The average molecular weight is 264 g/mol. The summed E-state index contributed by atoms with van der Waals surface area (Å²) in [6.07, 6.45) is 2.90. The second-order valence-electron chi connectivity index (χ2n) is 5.67. The van der Waals surface area contributed by atoms with E-state index in [0.29, 0.717) is 17.5 Å². The van der Waals surface area contributed by atoms with E-state index in [9.17, 15) is 10.4 Å². The van der Waals surface area contributed by atoms with Gasteiger partial charge in [0.1, 0.15) is 6.10 Å². The van der Waals surface area contributed by atoms with Gasteiger partial charge in [0.05, 0.1) is 22.7 Å². The molecule has 0 amide bonds. The van der Waals surface area contributed by atoms with E-state index in [1.807, 2.05) is 5.38 Å². The van der Waals surface area contributed by atoms with Crippen LogP contribution in [0.1, 0.15) is 51.3 Å². The second-order valence-corrected chi connectivity index (χ2v) is 6.38. The number of rotatable bonds is 3. The van der Waals surface area contributed by atoms with E-state index in [1.165, 1.54) is 11.3 Å². The summed E-state index contributed by atoms with van der Waals surface area (Å²) in [6, 6.07) is 2.38. The third-order valence-corrected chi connectivity index (χ3v) is 4.95. The van der Waals surface area contributed by atoms with Crippen molar-refractivity contribution in [1.29, 1.82) is 5.26 Å². The number of hydrogen-bond donors (Lipinski definition) is 1.